The van der Waals surface area contributed by atoms with Crippen LogP contribution in [0.4, 0.5) is 30.7 Å². The molecule has 0 saturated heterocycles. The Morgan fingerprint density at radius 2 is 1.19 bits per heavy atom. The first kappa shape index (κ1) is 15.6. The second-order valence-corrected chi connectivity index (χ2v) is 6.11. The summed E-state index contributed by atoms with van der Waals surface area (Å²) in [5.41, 5.74) is 0. The van der Waals surface area contributed by atoms with E-state index in [4.69, 9.17) is 16.2 Å². The zero-order valence-electron chi connectivity index (χ0n) is 7.79. The SMILES string of the molecule is N[Si](N)(N)CCC(F)(F)C(F)(F)C(F)(F)F. The lowest BCUT2D eigenvalue weighted by atomic mass is 10.1. The molecule has 0 unspecified atom stereocenters. The molecule has 0 heterocycles. The molecule has 6 N–H and O–H groups in total. The van der Waals surface area contributed by atoms with Crippen LogP contribution in [0.2, 0.25) is 6.04 Å². The van der Waals surface area contributed by atoms with Crippen LogP contribution in [-0.4, -0.2) is 26.6 Å². The van der Waals surface area contributed by atoms with Gasteiger partial charge in [0.2, 0.25) is 0 Å². The van der Waals surface area contributed by atoms with Gasteiger partial charge in [0.25, 0.3) is 8.56 Å². The predicted octanol–water partition coefficient (Wildman–Crippen LogP) is 1.02. The lowest BCUT2D eigenvalue weighted by Crippen LogP contribution is -2.65. The maximum absolute atomic E-state index is 12.6. The van der Waals surface area contributed by atoms with Crippen molar-refractivity contribution in [1.82, 2.24) is 0 Å². The summed E-state index contributed by atoms with van der Waals surface area (Å²) >= 11 is 0. The maximum Gasteiger partial charge on any atom is 0.459 e. The molecule has 0 fully saturated rings. The Bertz CT molecular complexity index is 245. The van der Waals surface area contributed by atoms with Gasteiger partial charge >= 0.3 is 18.0 Å². The van der Waals surface area contributed by atoms with E-state index < -0.39 is 39.0 Å². The van der Waals surface area contributed by atoms with Gasteiger partial charge in [-0.3, -0.25) is 0 Å². The van der Waals surface area contributed by atoms with E-state index in [-0.39, 0.29) is 0 Å². The fourth-order valence-corrected chi connectivity index (χ4v) is 1.48. The molecule has 0 rings (SSSR count). The van der Waals surface area contributed by atoms with Crippen molar-refractivity contribution in [2.24, 2.45) is 16.2 Å². The van der Waals surface area contributed by atoms with Gasteiger partial charge in [0.05, 0.1) is 0 Å². The number of nitrogens with two attached hydrogens (primary N) is 3. The van der Waals surface area contributed by atoms with Crippen LogP contribution in [0.15, 0.2) is 0 Å². The fraction of sp³-hybridized carbons (Fsp3) is 1.00. The van der Waals surface area contributed by atoms with Gasteiger partial charge in [-0.05, 0) is 6.04 Å². The van der Waals surface area contributed by atoms with Crippen LogP contribution in [0.25, 0.3) is 0 Å². The first-order chi connectivity index (χ1) is 6.71. The standard InChI is InChI=1S/C5H10F7N3Si/c6-3(7,1-2-16(13,14)15)4(8,9)5(10,11)12/h1-2,13-15H2. The number of rotatable bonds is 4. The van der Waals surface area contributed by atoms with Gasteiger partial charge in [0.1, 0.15) is 0 Å². The largest absolute Gasteiger partial charge is 0.459 e. The molecule has 0 aliphatic heterocycles. The monoisotopic (exact) mass is 273 g/mol. The molecule has 0 spiro atoms. The van der Waals surface area contributed by atoms with E-state index in [1.165, 1.54) is 0 Å². The van der Waals surface area contributed by atoms with E-state index in [0.29, 0.717) is 0 Å². The van der Waals surface area contributed by atoms with E-state index >= 15 is 0 Å². The molecular weight excluding hydrogens is 263 g/mol. The van der Waals surface area contributed by atoms with Crippen LogP contribution in [-0.2, 0) is 0 Å². The van der Waals surface area contributed by atoms with Crippen molar-refractivity contribution in [3.8, 4) is 0 Å². The van der Waals surface area contributed by atoms with Crippen LogP contribution in [0, 0.1) is 0 Å². The maximum atomic E-state index is 12.6. The second kappa shape index (κ2) is 4.12. The lowest BCUT2D eigenvalue weighted by Gasteiger charge is -2.29. The first-order valence-electron chi connectivity index (χ1n) is 3.90. The summed E-state index contributed by atoms with van der Waals surface area (Å²) in [6, 6.07) is -0.953. The predicted molar refractivity (Wildman–Crippen MR) is 43.7 cm³/mol. The van der Waals surface area contributed by atoms with Gasteiger partial charge in [-0.1, -0.05) is 0 Å². The summed E-state index contributed by atoms with van der Waals surface area (Å²) in [4.78, 5) is 0. The van der Waals surface area contributed by atoms with Gasteiger partial charge in [-0.15, -0.1) is 0 Å². The van der Waals surface area contributed by atoms with Crippen molar-refractivity contribution in [1.29, 1.82) is 0 Å². The minimum atomic E-state index is -6.33. The van der Waals surface area contributed by atoms with E-state index in [1.54, 1.807) is 0 Å². The van der Waals surface area contributed by atoms with E-state index in [9.17, 15) is 30.7 Å². The Kier molecular flexibility index (Phi) is 4.02. The van der Waals surface area contributed by atoms with E-state index in [0.717, 1.165) is 0 Å². The Labute approximate surface area is 87.0 Å². The van der Waals surface area contributed by atoms with Crippen molar-refractivity contribution >= 4 is 8.56 Å². The molecule has 0 amide bonds. The molecule has 0 radical (unpaired) electrons. The van der Waals surface area contributed by atoms with Crippen LogP contribution in [0.1, 0.15) is 6.42 Å². The highest BCUT2D eigenvalue weighted by Crippen LogP contribution is 2.48. The zero-order chi connectivity index (χ0) is 13.4. The number of halogens is 7. The molecule has 3 nitrogen and oxygen atoms in total. The van der Waals surface area contributed by atoms with Crippen molar-refractivity contribution in [3.63, 3.8) is 0 Å². The molecule has 11 heteroatoms. The summed E-state index contributed by atoms with van der Waals surface area (Å²) < 4.78 is 84.7. The molecule has 0 aliphatic rings. The molecule has 0 aromatic carbocycles. The molecule has 0 atom stereocenters. The molecular formula is C5H10F7N3Si. The minimum Gasteiger partial charge on any atom is -0.327 e. The zero-order valence-corrected chi connectivity index (χ0v) is 8.79. The molecule has 0 saturated carbocycles. The van der Waals surface area contributed by atoms with Crippen LogP contribution >= 0.6 is 0 Å². The van der Waals surface area contributed by atoms with Crippen molar-refractivity contribution in [3.05, 3.63) is 0 Å². The third-order valence-electron chi connectivity index (χ3n) is 1.69. The number of hydrogen-bond acceptors (Lipinski definition) is 3. The van der Waals surface area contributed by atoms with Crippen LogP contribution in [0.5, 0.6) is 0 Å². The summed E-state index contributed by atoms with van der Waals surface area (Å²) in [5.74, 6) is -11.4. The number of alkyl halides is 7. The Hall–Kier alpha value is -0.393. The van der Waals surface area contributed by atoms with Crippen molar-refractivity contribution < 1.29 is 30.7 Å². The van der Waals surface area contributed by atoms with Gasteiger partial charge in [0.15, 0.2) is 0 Å². The van der Waals surface area contributed by atoms with Crippen LogP contribution < -0.4 is 16.2 Å². The average molecular weight is 273 g/mol. The third kappa shape index (κ3) is 3.57. The molecule has 0 bridgehead atoms. The third-order valence-corrected chi connectivity index (χ3v) is 2.80. The molecule has 0 aromatic heterocycles. The first-order valence-corrected chi connectivity index (χ1v) is 6.34. The van der Waals surface area contributed by atoms with Gasteiger partial charge in [-0.25, -0.2) is 0 Å². The molecule has 98 valence electrons. The lowest BCUT2D eigenvalue weighted by molar-refractivity contribution is -0.354. The average Bonchev–Trinajstić information content (AvgIpc) is 1.97. The smallest absolute Gasteiger partial charge is 0.327 e. The Balaban J connectivity index is 4.79. The van der Waals surface area contributed by atoms with Crippen molar-refractivity contribution in [2.75, 3.05) is 0 Å². The molecule has 0 aliphatic carbocycles. The Morgan fingerprint density at radius 1 is 0.812 bits per heavy atom. The highest BCUT2D eigenvalue weighted by Gasteiger charge is 2.72. The second-order valence-electron chi connectivity index (χ2n) is 3.39. The Morgan fingerprint density at radius 3 is 1.44 bits per heavy atom. The highest BCUT2D eigenvalue weighted by molar-refractivity contribution is 6.70. The molecule has 16 heavy (non-hydrogen) atoms. The van der Waals surface area contributed by atoms with Gasteiger partial charge < -0.3 is 16.2 Å². The minimum absolute atomic E-state index is 0.953. The summed E-state index contributed by atoms with van der Waals surface area (Å²) in [6.07, 6.45) is -8.15. The van der Waals surface area contributed by atoms with E-state index in [2.05, 4.69) is 0 Å². The highest BCUT2D eigenvalue weighted by atomic mass is 28.4. The molecule has 0 aromatic rings. The summed E-state index contributed by atoms with van der Waals surface area (Å²) in [5, 5.41) is 14.8. The summed E-state index contributed by atoms with van der Waals surface area (Å²) in [7, 11) is -3.59. The van der Waals surface area contributed by atoms with E-state index in [1.807, 2.05) is 0 Å². The fourth-order valence-electron chi connectivity index (χ4n) is 0.738. The summed E-state index contributed by atoms with van der Waals surface area (Å²) in [6.45, 7) is 0. The quantitative estimate of drug-likeness (QED) is 0.528. The van der Waals surface area contributed by atoms with Gasteiger partial charge in [-0.2, -0.15) is 30.7 Å². The topological polar surface area (TPSA) is 78.1 Å². The van der Waals surface area contributed by atoms with Gasteiger partial charge in [0, 0.05) is 6.42 Å². The van der Waals surface area contributed by atoms with Crippen molar-refractivity contribution in [2.45, 2.75) is 30.5 Å². The van der Waals surface area contributed by atoms with Crippen LogP contribution in [0.3, 0.4) is 0 Å². The normalized spacial score (nSPS) is 15.4. The number of hydrogen-bond donors (Lipinski definition) is 3.